The molecule has 3 nitrogen and oxygen atoms in total. The Labute approximate surface area is 103 Å². The quantitative estimate of drug-likeness (QED) is 0.900. The van der Waals surface area contributed by atoms with Crippen molar-refractivity contribution in [1.82, 2.24) is 0 Å². The summed E-state index contributed by atoms with van der Waals surface area (Å²) in [6.45, 7) is 0. The number of para-hydroxylation sites is 1. The highest BCUT2D eigenvalue weighted by molar-refractivity contribution is 5.70. The topological polar surface area (TPSA) is 46.5 Å². The molecule has 0 radical (unpaired) electrons. The number of hydrogen-bond donors (Lipinski definition) is 1. The molecule has 0 spiro atoms. The Kier molecular flexibility index (Phi) is 3.57. The fourth-order valence-corrected chi connectivity index (χ4v) is 1.55. The highest BCUT2D eigenvalue weighted by Gasteiger charge is 2.12. The van der Waals surface area contributed by atoms with E-state index in [-0.39, 0.29) is 17.7 Å². The lowest BCUT2D eigenvalue weighted by Gasteiger charge is -2.08. The summed E-state index contributed by atoms with van der Waals surface area (Å²) >= 11 is 0. The molecule has 1 N–H and O–H groups in total. The first-order chi connectivity index (χ1) is 8.66. The number of benzene rings is 2. The second kappa shape index (κ2) is 5.31. The van der Waals surface area contributed by atoms with Crippen LogP contribution < -0.4 is 4.74 Å². The number of halogens is 1. The zero-order valence-corrected chi connectivity index (χ0v) is 9.47. The third-order valence-electron chi connectivity index (χ3n) is 2.36. The Bertz CT molecular complexity index is 552. The Hall–Kier alpha value is -2.36. The Morgan fingerprint density at radius 3 is 2.50 bits per heavy atom. The number of aliphatic carboxylic acids is 1. The largest absolute Gasteiger partial charge is 0.481 e. The lowest BCUT2D eigenvalue weighted by Crippen LogP contribution is -2.03. The summed E-state index contributed by atoms with van der Waals surface area (Å²) in [5.74, 6) is -1.18. The van der Waals surface area contributed by atoms with E-state index in [1.54, 1.807) is 30.3 Å². The van der Waals surface area contributed by atoms with E-state index in [2.05, 4.69) is 0 Å². The minimum Gasteiger partial charge on any atom is -0.481 e. The van der Waals surface area contributed by atoms with Gasteiger partial charge in [0.25, 0.3) is 0 Å². The van der Waals surface area contributed by atoms with Gasteiger partial charge in [-0.05, 0) is 18.2 Å². The van der Waals surface area contributed by atoms with Crippen molar-refractivity contribution in [2.75, 3.05) is 0 Å². The molecule has 0 amide bonds. The highest BCUT2D eigenvalue weighted by atomic mass is 19.1. The van der Waals surface area contributed by atoms with E-state index in [1.807, 2.05) is 6.07 Å². The van der Waals surface area contributed by atoms with Crippen LogP contribution >= 0.6 is 0 Å². The molecule has 0 atom stereocenters. The van der Waals surface area contributed by atoms with E-state index >= 15 is 0 Å². The average Bonchev–Trinajstić information content (AvgIpc) is 2.35. The molecule has 0 saturated carbocycles. The molecule has 0 aliphatic heterocycles. The molecule has 2 aromatic rings. The van der Waals surface area contributed by atoms with Gasteiger partial charge in [0.05, 0.1) is 6.42 Å². The van der Waals surface area contributed by atoms with E-state index in [9.17, 15) is 9.18 Å². The second-order valence-electron chi connectivity index (χ2n) is 3.71. The lowest BCUT2D eigenvalue weighted by atomic mass is 10.1. The molecule has 0 aliphatic rings. The fourth-order valence-electron chi connectivity index (χ4n) is 1.55. The predicted octanol–water partition coefficient (Wildman–Crippen LogP) is 3.25. The summed E-state index contributed by atoms with van der Waals surface area (Å²) in [6, 6.07) is 13.2. The van der Waals surface area contributed by atoms with Crippen molar-refractivity contribution < 1.29 is 19.0 Å². The van der Waals surface area contributed by atoms with E-state index in [0.717, 1.165) is 0 Å². The maximum atomic E-state index is 13.9. The maximum absolute atomic E-state index is 13.9. The van der Waals surface area contributed by atoms with Crippen LogP contribution in [0.15, 0.2) is 48.5 Å². The van der Waals surface area contributed by atoms with Crippen LogP contribution in [0.5, 0.6) is 11.5 Å². The van der Waals surface area contributed by atoms with Gasteiger partial charge in [-0.3, -0.25) is 4.79 Å². The Morgan fingerprint density at radius 1 is 1.11 bits per heavy atom. The van der Waals surface area contributed by atoms with Gasteiger partial charge in [-0.1, -0.05) is 30.3 Å². The van der Waals surface area contributed by atoms with Crippen LogP contribution in [-0.2, 0) is 11.2 Å². The minimum absolute atomic E-state index is 0.0277. The third kappa shape index (κ3) is 2.85. The van der Waals surface area contributed by atoms with Gasteiger partial charge in [0.15, 0.2) is 11.6 Å². The highest BCUT2D eigenvalue weighted by Crippen LogP contribution is 2.26. The van der Waals surface area contributed by atoms with Gasteiger partial charge in [-0.2, -0.15) is 0 Å². The summed E-state index contributed by atoms with van der Waals surface area (Å²) < 4.78 is 19.3. The van der Waals surface area contributed by atoms with Crippen molar-refractivity contribution >= 4 is 5.97 Å². The van der Waals surface area contributed by atoms with Crippen molar-refractivity contribution in [2.45, 2.75) is 6.42 Å². The molecule has 2 rings (SSSR count). The molecule has 0 heterocycles. The minimum atomic E-state index is -1.08. The SMILES string of the molecule is O=C(O)Cc1cccc(Oc2ccccc2)c1F. The second-order valence-corrected chi connectivity index (χ2v) is 3.71. The third-order valence-corrected chi connectivity index (χ3v) is 2.36. The summed E-state index contributed by atoms with van der Waals surface area (Å²) in [4.78, 5) is 10.6. The number of ether oxygens (including phenoxy) is 1. The number of carbonyl (C=O) groups is 1. The van der Waals surface area contributed by atoms with E-state index in [4.69, 9.17) is 9.84 Å². The lowest BCUT2D eigenvalue weighted by molar-refractivity contribution is -0.136. The average molecular weight is 246 g/mol. The maximum Gasteiger partial charge on any atom is 0.307 e. The van der Waals surface area contributed by atoms with Crippen LogP contribution in [0, 0.1) is 5.82 Å². The first-order valence-electron chi connectivity index (χ1n) is 5.39. The molecule has 0 aliphatic carbocycles. The summed E-state index contributed by atoms with van der Waals surface area (Å²) in [7, 11) is 0. The summed E-state index contributed by atoms with van der Waals surface area (Å²) in [5, 5.41) is 8.66. The first-order valence-corrected chi connectivity index (χ1v) is 5.39. The molecule has 0 saturated heterocycles. The zero-order valence-electron chi connectivity index (χ0n) is 9.47. The van der Waals surface area contributed by atoms with E-state index in [0.29, 0.717) is 5.75 Å². The van der Waals surface area contributed by atoms with Crippen molar-refractivity contribution in [3.8, 4) is 11.5 Å². The molecule has 4 heteroatoms. The van der Waals surface area contributed by atoms with Gasteiger partial charge in [0.1, 0.15) is 5.75 Å². The van der Waals surface area contributed by atoms with Crippen LogP contribution in [0.3, 0.4) is 0 Å². The van der Waals surface area contributed by atoms with Gasteiger partial charge in [0, 0.05) is 5.56 Å². The molecule has 0 bridgehead atoms. The number of carboxylic acids is 1. The normalized spacial score (nSPS) is 10.1. The zero-order chi connectivity index (χ0) is 13.0. The smallest absolute Gasteiger partial charge is 0.307 e. The summed E-state index contributed by atoms with van der Waals surface area (Å²) in [6.07, 6.45) is -0.363. The Morgan fingerprint density at radius 2 is 1.83 bits per heavy atom. The molecular weight excluding hydrogens is 235 g/mol. The molecular formula is C14H11FO3. The molecule has 18 heavy (non-hydrogen) atoms. The monoisotopic (exact) mass is 246 g/mol. The van der Waals surface area contributed by atoms with Gasteiger partial charge < -0.3 is 9.84 Å². The molecule has 0 aromatic heterocycles. The molecule has 92 valence electrons. The van der Waals surface area contributed by atoms with Gasteiger partial charge >= 0.3 is 5.97 Å². The van der Waals surface area contributed by atoms with Gasteiger partial charge in [-0.25, -0.2) is 4.39 Å². The van der Waals surface area contributed by atoms with Crippen molar-refractivity contribution in [1.29, 1.82) is 0 Å². The Balaban J connectivity index is 2.26. The van der Waals surface area contributed by atoms with Crippen molar-refractivity contribution in [2.24, 2.45) is 0 Å². The summed E-state index contributed by atoms with van der Waals surface area (Å²) in [5.41, 5.74) is 0.107. The van der Waals surface area contributed by atoms with Crippen molar-refractivity contribution in [3.63, 3.8) is 0 Å². The van der Waals surface area contributed by atoms with Crippen LogP contribution in [-0.4, -0.2) is 11.1 Å². The first kappa shape index (κ1) is 12.1. The van der Waals surface area contributed by atoms with Crippen LogP contribution in [0.25, 0.3) is 0 Å². The number of rotatable bonds is 4. The standard InChI is InChI=1S/C14H11FO3/c15-14-10(9-13(16)17)5-4-8-12(14)18-11-6-2-1-3-7-11/h1-8H,9H2,(H,16,17). The van der Waals surface area contributed by atoms with Gasteiger partial charge in [-0.15, -0.1) is 0 Å². The van der Waals surface area contributed by atoms with Crippen LogP contribution in [0.2, 0.25) is 0 Å². The van der Waals surface area contributed by atoms with E-state index in [1.165, 1.54) is 12.1 Å². The predicted molar refractivity (Wildman–Crippen MR) is 64.3 cm³/mol. The van der Waals surface area contributed by atoms with Gasteiger partial charge in [0.2, 0.25) is 0 Å². The number of hydrogen-bond acceptors (Lipinski definition) is 2. The number of carboxylic acid groups (broad SMARTS) is 1. The molecule has 0 fully saturated rings. The molecule has 0 unspecified atom stereocenters. The van der Waals surface area contributed by atoms with Crippen LogP contribution in [0.4, 0.5) is 4.39 Å². The fraction of sp³-hybridized carbons (Fsp3) is 0.0714. The molecule has 2 aromatic carbocycles. The van der Waals surface area contributed by atoms with E-state index < -0.39 is 11.8 Å². The van der Waals surface area contributed by atoms with Crippen LogP contribution in [0.1, 0.15) is 5.56 Å². The van der Waals surface area contributed by atoms with Crippen molar-refractivity contribution in [3.05, 3.63) is 59.9 Å².